The predicted octanol–water partition coefficient (Wildman–Crippen LogP) is 1.28. The minimum atomic E-state index is -0.192. The molecule has 4 heteroatoms. The molecule has 1 fully saturated rings. The maximum atomic E-state index is 11.2. The Morgan fingerprint density at radius 2 is 2.24 bits per heavy atom. The quantitative estimate of drug-likeness (QED) is 0.756. The number of aryl methyl sites for hydroxylation is 1. The van der Waals surface area contributed by atoms with Crippen molar-refractivity contribution in [1.29, 1.82) is 0 Å². The fourth-order valence-electron chi connectivity index (χ4n) is 2.46. The lowest BCUT2D eigenvalue weighted by Gasteiger charge is -2.34. The third kappa shape index (κ3) is 2.52. The monoisotopic (exact) mass is 233 g/mol. The Hall–Kier alpha value is -1.71. The van der Waals surface area contributed by atoms with Crippen molar-refractivity contribution < 1.29 is 4.79 Å². The van der Waals surface area contributed by atoms with Gasteiger partial charge in [-0.1, -0.05) is 0 Å². The van der Waals surface area contributed by atoms with Gasteiger partial charge in [0.2, 0.25) is 5.91 Å². The van der Waals surface area contributed by atoms with Gasteiger partial charge >= 0.3 is 0 Å². The van der Waals surface area contributed by atoms with Crippen LogP contribution in [0.5, 0.6) is 0 Å². The van der Waals surface area contributed by atoms with Gasteiger partial charge in [0.05, 0.1) is 5.92 Å². The second kappa shape index (κ2) is 4.65. The first-order valence-electron chi connectivity index (χ1n) is 5.98. The number of primary amides is 1. The second-order valence-electron chi connectivity index (χ2n) is 4.73. The van der Waals surface area contributed by atoms with Crippen LogP contribution in [0, 0.1) is 12.8 Å². The summed E-state index contributed by atoms with van der Waals surface area (Å²) in [7, 11) is 0. The summed E-state index contributed by atoms with van der Waals surface area (Å²) in [5.74, 6) is -0.219. The summed E-state index contributed by atoms with van der Waals surface area (Å²) in [6, 6.07) is 5.88. The molecule has 1 amide bonds. The van der Waals surface area contributed by atoms with Crippen molar-refractivity contribution in [2.75, 3.05) is 23.7 Å². The van der Waals surface area contributed by atoms with E-state index in [1.807, 2.05) is 25.1 Å². The molecule has 1 aliphatic heterocycles. The highest BCUT2D eigenvalue weighted by Crippen LogP contribution is 2.27. The molecule has 0 saturated carbocycles. The number of piperidine rings is 1. The highest BCUT2D eigenvalue weighted by molar-refractivity contribution is 5.77. The third-order valence-electron chi connectivity index (χ3n) is 3.39. The van der Waals surface area contributed by atoms with Crippen LogP contribution in [0.4, 0.5) is 11.4 Å². The van der Waals surface area contributed by atoms with Gasteiger partial charge < -0.3 is 16.4 Å². The van der Waals surface area contributed by atoms with Gasteiger partial charge in [0.15, 0.2) is 0 Å². The summed E-state index contributed by atoms with van der Waals surface area (Å²) in [6.07, 6.45) is 1.91. The van der Waals surface area contributed by atoms with Gasteiger partial charge in [0.1, 0.15) is 0 Å². The fraction of sp³-hybridized carbons (Fsp3) is 0.462. The molecule has 1 aromatic carbocycles. The normalized spacial score (nSPS) is 20.3. The van der Waals surface area contributed by atoms with Gasteiger partial charge in [-0.3, -0.25) is 4.79 Å². The molecule has 2 rings (SSSR count). The van der Waals surface area contributed by atoms with E-state index in [9.17, 15) is 4.79 Å². The number of amides is 1. The Labute approximate surface area is 102 Å². The minimum Gasteiger partial charge on any atom is -0.399 e. The minimum absolute atomic E-state index is 0.0271. The molecule has 1 aliphatic rings. The molecule has 4 nitrogen and oxygen atoms in total. The van der Waals surface area contributed by atoms with Crippen LogP contribution in [-0.4, -0.2) is 19.0 Å². The van der Waals surface area contributed by atoms with Crippen LogP contribution in [0.3, 0.4) is 0 Å². The molecular formula is C13H19N3O. The van der Waals surface area contributed by atoms with Crippen LogP contribution in [-0.2, 0) is 4.79 Å². The SMILES string of the molecule is Cc1cc(N)ccc1N1CCCC(C(N)=O)C1. The predicted molar refractivity (Wildman–Crippen MR) is 69.7 cm³/mol. The molecule has 1 aromatic rings. The number of hydrogen-bond donors (Lipinski definition) is 2. The van der Waals surface area contributed by atoms with E-state index in [4.69, 9.17) is 11.5 Å². The zero-order valence-electron chi connectivity index (χ0n) is 10.1. The third-order valence-corrected chi connectivity index (χ3v) is 3.39. The van der Waals surface area contributed by atoms with Crippen molar-refractivity contribution in [2.45, 2.75) is 19.8 Å². The van der Waals surface area contributed by atoms with Crippen LogP contribution in [0.2, 0.25) is 0 Å². The lowest BCUT2D eigenvalue weighted by atomic mass is 9.96. The molecular weight excluding hydrogens is 214 g/mol. The number of nitrogens with two attached hydrogens (primary N) is 2. The summed E-state index contributed by atoms with van der Waals surface area (Å²) in [4.78, 5) is 13.5. The highest BCUT2D eigenvalue weighted by Gasteiger charge is 2.24. The standard InChI is InChI=1S/C13H19N3O/c1-9-7-11(14)4-5-12(9)16-6-2-3-10(8-16)13(15)17/h4-5,7,10H,2-3,6,8,14H2,1H3,(H2,15,17). The van der Waals surface area contributed by atoms with Gasteiger partial charge in [0, 0.05) is 24.5 Å². The molecule has 0 radical (unpaired) electrons. The smallest absolute Gasteiger partial charge is 0.222 e. The first-order chi connectivity index (χ1) is 8.08. The topological polar surface area (TPSA) is 72.3 Å². The molecule has 0 spiro atoms. The number of hydrogen-bond acceptors (Lipinski definition) is 3. The number of benzene rings is 1. The highest BCUT2D eigenvalue weighted by atomic mass is 16.1. The van der Waals surface area contributed by atoms with Crippen molar-refractivity contribution in [3.05, 3.63) is 23.8 Å². The van der Waals surface area contributed by atoms with Crippen molar-refractivity contribution in [3.63, 3.8) is 0 Å². The number of carbonyl (C=O) groups excluding carboxylic acids is 1. The van der Waals surface area contributed by atoms with E-state index in [-0.39, 0.29) is 11.8 Å². The van der Waals surface area contributed by atoms with Crippen LogP contribution in [0.1, 0.15) is 18.4 Å². The number of anilines is 2. The largest absolute Gasteiger partial charge is 0.399 e. The van der Waals surface area contributed by atoms with E-state index in [0.717, 1.165) is 42.9 Å². The van der Waals surface area contributed by atoms with E-state index < -0.39 is 0 Å². The van der Waals surface area contributed by atoms with Gasteiger partial charge in [0.25, 0.3) is 0 Å². The molecule has 4 N–H and O–H groups in total. The molecule has 1 saturated heterocycles. The summed E-state index contributed by atoms with van der Waals surface area (Å²) in [6.45, 7) is 3.74. The number of nitrogen functional groups attached to an aromatic ring is 1. The summed E-state index contributed by atoms with van der Waals surface area (Å²) in [5.41, 5.74) is 14.2. The first kappa shape index (κ1) is 11.8. The van der Waals surface area contributed by atoms with Crippen molar-refractivity contribution in [1.82, 2.24) is 0 Å². The zero-order valence-corrected chi connectivity index (χ0v) is 10.1. The average Bonchev–Trinajstić information content (AvgIpc) is 2.29. The molecule has 0 aliphatic carbocycles. The van der Waals surface area contributed by atoms with Crippen LogP contribution < -0.4 is 16.4 Å². The molecule has 92 valence electrons. The molecule has 17 heavy (non-hydrogen) atoms. The van der Waals surface area contributed by atoms with E-state index in [2.05, 4.69) is 4.90 Å². The van der Waals surface area contributed by atoms with Crippen LogP contribution in [0.15, 0.2) is 18.2 Å². The van der Waals surface area contributed by atoms with E-state index in [1.165, 1.54) is 0 Å². The molecule has 1 atom stereocenters. The fourth-order valence-corrected chi connectivity index (χ4v) is 2.46. The Morgan fingerprint density at radius 1 is 1.47 bits per heavy atom. The molecule has 1 heterocycles. The summed E-state index contributed by atoms with van der Waals surface area (Å²) < 4.78 is 0. The maximum Gasteiger partial charge on any atom is 0.222 e. The second-order valence-corrected chi connectivity index (χ2v) is 4.73. The van der Waals surface area contributed by atoms with E-state index in [1.54, 1.807) is 0 Å². The van der Waals surface area contributed by atoms with Gasteiger partial charge in [-0.2, -0.15) is 0 Å². The van der Waals surface area contributed by atoms with Gasteiger partial charge in [-0.05, 0) is 43.5 Å². The number of nitrogens with zero attached hydrogens (tertiary/aromatic N) is 1. The lowest BCUT2D eigenvalue weighted by molar-refractivity contribution is -0.122. The molecule has 0 bridgehead atoms. The summed E-state index contributed by atoms with van der Waals surface area (Å²) >= 11 is 0. The van der Waals surface area contributed by atoms with Crippen molar-refractivity contribution in [3.8, 4) is 0 Å². The van der Waals surface area contributed by atoms with Crippen LogP contribution >= 0.6 is 0 Å². The van der Waals surface area contributed by atoms with Gasteiger partial charge in [-0.15, -0.1) is 0 Å². The lowest BCUT2D eigenvalue weighted by Crippen LogP contribution is -2.41. The van der Waals surface area contributed by atoms with E-state index >= 15 is 0 Å². The average molecular weight is 233 g/mol. The maximum absolute atomic E-state index is 11.2. The Balaban J connectivity index is 2.19. The van der Waals surface area contributed by atoms with Gasteiger partial charge in [-0.25, -0.2) is 0 Å². The Morgan fingerprint density at radius 3 is 2.88 bits per heavy atom. The van der Waals surface area contributed by atoms with E-state index in [0.29, 0.717) is 0 Å². The summed E-state index contributed by atoms with van der Waals surface area (Å²) in [5, 5.41) is 0. The number of rotatable bonds is 2. The molecule has 0 aromatic heterocycles. The Bertz CT molecular complexity index is 431. The van der Waals surface area contributed by atoms with Crippen molar-refractivity contribution in [2.24, 2.45) is 11.7 Å². The number of carbonyl (C=O) groups is 1. The van der Waals surface area contributed by atoms with Crippen molar-refractivity contribution >= 4 is 17.3 Å². The Kier molecular flexibility index (Phi) is 3.22. The van der Waals surface area contributed by atoms with Crippen LogP contribution in [0.25, 0.3) is 0 Å². The first-order valence-corrected chi connectivity index (χ1v) is 5.98. The molecule has 1 unspecified atom stereocenters. The zero-order chi connectivity index (χ0) is 12.4.